The standard InChI is InChI=1S/C20H19ClN2O5S/c1-27-17-7-2-4-14-12-18(28-19(14)17)20(24)22-8-10-23(11-9-22)29(25,26)16-6-3-5-15(21)13-16/h2-7,12-13H,8-11H2,1H3. The van der Waals surface area contributed by atoms with Crippen molar-refractivity contribution in [3.8, 4) is 5.75 Å². The average molecular weight is 435 g/mol. The van der Waals surface area contributed by atoms with Gasteiger partial charge in [0.15, 0.2) is 17.1 Å². The number of amides is 1. The normalized spacial score (nSPS) is 15.6. The van der Waals surface area contributed by atoms with E-state index in [1.807, 2.05) is 12.1 Å². The number of carbonyl (C=O) groups excluding carboxylic acids is 1. The van der Waals surface area contributed by atoms with E-state index in [0.717, 1.165) is 5.39 Å². The minimum Gasteiger partial charge on any atom is -0.493 e. The zero-order valence-corrected chi connectivity index (χ0v) is 17.2. The third-order valence-electron chi connectivity index (χ3n) is 4.90. The molecular formula is C20H19ClN2O5S. The zero-order valence-electron chi connectivity index (χ0n) is 15.7. The maximum absolute atomic E-state index is 12.8. The summed E-state index contributed by atoms with van der Waals surface area (Å²) in [6, 6.07) is 13.3. The van der Waals surface area contributed by atoms with Gasteiger partial charge in [0.2, 0.25) is 10.0 Å². The minimum absolute atomic E-state index is 0.147. The first-order chi connectivity index (χ1) is 13.9. The molecule has 0 unspecified atom stereocenters. The molecular weight excluding hydrogens is 416 g/mol. The quantitative estimate of drug-likeness (QED) is 0.629. The third-order valence-corrected chi connectivity index (χ3v) is 7.03. The highest BCUT2D eigenvalue weighted by atomic mass is 35.5. The molecule has 0 aliphatic carbocycles. The summed E-state index contributed by atoms with van der Waals surface area (Å²) in [5, 5.41) is 1.13. The van der Waals surface area contributed by atoms with Crippen molar-refractivity contribution in [3.63, 3.8) is 0 Å². The van der Waals surface area contributed by atoms with Gasteiger partial charge in [-0.25, -0.2) is 8.42 Å². The average Bonchev–Trinajstić information content (AvgIpc) is 3.17. The molecule has 2 heterocycles. The third kappa shape index (κ3) is 3.71. The minimum atomic E-state index is -3.66. The van der Waals surface area contributed by atoms with Crippen LogP contribution in [0.1, 0.15) is 10.6 Å². The number of furan rings is 1. The Morgan fingerprint density at radius 3 is 2.48 bits per heavy atom. The van der Waals surface area contributed by atoms with E-state index in [-0.39, 0.29) is 42.7 Å². The topological polar surface area (TPSA) is 80.1 Å². The van der Waals surface area contributed by atoms with E-state index in [0.29, 0.717) is 16.4 Å². The molecule has 1 aliphatic heterocycles. The number of fused-ring (bicyclic) bond motifs is 1. The molecule has 7 nitrogen and oxygen atoms in total. The molecule has 0 bridgehead atoms. The molecule has 0 spiro atoms. The van der Waals surface area contributed by atoms with Crippen LogP contribution >= 0.6 is 11.6 Å². The Labute approximate surface area is 173 Å². The van der Waals surface area contributed by atoms with Crippen LogP contribution in [-0.2, 0) is 10.0 Å². The van der Waals surface area contributed by atoms with Gasteiger partial charge in [-0.3, -0.25) is 4.79 Å². The maximum Gasteiger partial charge on any atom is 0.289 e. The lowest BCUT2D eigenvalue weighted by atomic mass is 10.2. The predicted molar refractivity (Wildman–Crippen MR) is 109 cm³/mol. The highest BCUT2D eigenvalue weighted by Gasteiger charge is 2.31. The van der Waals surface area contributed by atoms with Gasteiger partial charge < -0.3 is 14.1 Å². The number of nitrogens with zero attached hydrogens (tertiary/aromatic N) is 2. The molecule has 0 N–H and O–H groups in total. The van der Waals surface area contributed by atoms with Gasteiger partial charge in [-0.05, 0) is 30.3 Å². The maximum atomic E-state index is 12.8. The second kappa shape index (κ2) is 7.70. The summed E-state index contributed by atoms with van der Waals surface area (Å²) in [4.78, 5) is 14.6. The van der Waals surface area contributed by atoms with Crippen molar-refractivity contribution >= 4 is 38.5 Å². The number of rotatable bonds is 4. The first-order valence-corrected chi connectivity index (χ1v) is 10.8. The lowest BCUT2D eigenvalue weighted by molar-refractivity contribution is 0.0668. The van der Waals surface area contributed by atoms with Gasteiger partial charge >= 0.3 is 0 Å². The fourth-order valence-electron chi connectivity index (χ4n) is 3.37. The Morgan fingerprint density at radius 2 is 1.79 bits per heavy atom. The monoisotopic (exact) mass is 434 g/mol. The van der Waals surface area contributed by atoms with E-state index < -0.39 is 10.0 Å². The molecule has 0 radical (unpaired) electrons. The van der Waals surface area contributed by atoms with Crippen LogP contribution in [0.2, 0.25) is 5.02 Å². The van der Waals surface area contributed by atoms with Crippen LogP contribution in [0.25, 0.3) is 11.0 Å². The van der Waals surface area contributed by atoms with Crippen molar-refractivity contribution in [3.05, 3.63) is 59.3 Å². The van der Waals surface area contributed by atoms with E-state index >= 15 is 0 Å². The summed E-state index contributed by atoms with van der Waals surface area (Å²) in [7, 11) is -2.12. The van der Waals surface area contributed by atoms with Crippen LogP contribution in [-0.4, -0.2) is 56.8 Å². The van der Waals surface area contributed by atoms with Crippen molar-refractivity contribution in [1.82, 2.24) is 9.21 Å². The van der Waals surface area contributed by atoms with Crippen molar-refractivity contribution in [2.75, 3.05) is 33.3 Å². The molecule has 0 atom stereocenters. The summed E-state index contributed by atoms with van der Waals surface area (Å²) >= 11 is 5.92. The number of carbonyl (C=O) groups is 1. The molecule has 1 saturated heterocycles. The summed E-state index contributed by atoms with van der Waals surface area (Å²) < 4.78 is 38.0. The molecule has 2 aromatic carbocycles. The van der Waals surface area contributed by atoms with Gasteiger partial charge in [0.05, 0.1) is 12.0 Å². The van der Waals surface area contributed by atoms with Crippen molar-refractivity contribution in [2.24, 2.45) is 0 Å². The Balaban J connectivity index is 1.49. The number of hydrogen-bond donors (Lipinski definition) is 0. The summed E-state index contributed by atoms with van der Waals surface area (Å²) in [6.07, 6.45) is 0. The summed E-state index contributed by atoms with van der Waals surface area (Å²) in [5.41, 5.74) is 0.514. The number of benzene rings is 2. The van der Waals surface area contributed by atoms with Crippen LogP contribution in [0, 0.1) is 0 Å². The Kier molecular flexibility index (Phi) is 5.24. The first kappa shape index (κ1) is 19.8. The van der Waals surface area contributed by atoms with E-state index in [1.165, 1.54) is 16.4 Å². The van der Waals surface area contributed by atoms with Gasteiger partial charge in [0, 0.05) is 36.6 Å². The number of methoxy groups -OCH3 is 1. The van der Waals surface area contributed by atoms with Crippen LogP contribution in [0.5, 0.6) is 5.75 Å². The summed E-state index contributed by atoms with van der Waals surface area (Å²) in [5.74, 6) is 0.484. The Hall–Kier alpha value is -2.55. The first-order valence-electron chi connectivity index (χ1n) is 9.02. The fourth-order valence-corrected chi connectivity index (χ4v) is 5.09. The van der Waals surface area contributed by atoms with Crippen molar-refractivity contribution < 1.29 is 22.4 Å². The van der Waals surface area contributed by atoms with Crippen molar-refractivity contribution in [1.29, 1.82) is 0 Å². The number of piperazine rings is 1. The van der Waals surface area contributed by atoms with Crippen molar-refractivity contribution in [2.45, 2.75) is 4.90 Å². The Bertz CT molecular complexity index is 1170. The second-order valence-electron chi connectivity index (χ2n) is 6.64. The van der Waals surface area contributed by atoms with Gasteiger partial charge in [-0.2, -0.15) is 4.31 Å². The fraction of sp³-hybridized carbons (Fsp3) is 0.250. The number of sulfonamides is 1. The predicted octanol–water partition coefficient (Wildman–Crippen LogP) is 3.24. The van der Waals surface area contributed by atoms with Gasteiger partial charge in [0.1, 0.15) is 0 Å². The van der Waals surface area contributed by atoms with Crippen LogP contribution in [0.3, 0.4) is 0 Å². The highest BCUT2D eigenvalue weighted by Crippen LogP contribution is 2.29. The van der Waals surface area contributed by atoms with Gasteiger partial charge in [-0.15, -0.1) is 0 Å². The van der Waals surface area contributed by atoms with Gasteiger partial charge in [0.25, 0.3) is 5.91 Å². The molecule has 4 rings (SSSR count). The molecule has 1 aliphatic rings. The second-order valence-corrected chi connectivity index (χ2v) is 9.02. The lowest BCUT2D eigenvalue weighted by Gasteiger charge is -2.33. The molecule has 1 fully saturated rings. The molecule has 29 heavy (non-hydrogen) atoms. The molecule has 9 heteroatoms. The number of para-hydroxylation sites is 1. The highest BCUT2D eigenvalue weighted by molar-refractivity contribution is 7.89. The number of halogens is 1. The molecule has 1 aromatic heterocycles. The molecule has 3 aromatic rings. The largest absolute Gasteiger partial charge is 0.493 e. The van der Waals surface area contributed by atoms with E-state index in [2.05, 4.69) is 0 Å². The van der Waals surface area contributed by atoms with Crippen LogP contribution < -0.4 is 4.74 Å². The number of ether oxygens (including phenoxy) is 1. The molecule has 1 amide bonds. The van der Waals surface area contributed by atoms with Crippen LogP contribution in [0.4, 0.5) is 0 Å². The molecule has 152 valence electrons. The zero-order chi connectivity index (χ0) is 20.6. The van der Waals surface area contributed by atoms with E-state index in [4.69, 9.17) is 20.8 Å². The smallest absolute Gasteiger partial charge is 0.289 e. The van der Waals surface area contributed by atoms with Crippen LogP contribution in [0.15, 0.2) is 57.8 Å². The molecule has 0 saturated carbocycles. The number of hydrogen-bond acceptors (Lipinski definition) is 5. The SMILES string of the molecule is COc1cccc2cc(C(=O)N3CCN(S(=O)(=O)c4cccc(Cl)c4)CC3)oc12. The van der Waals surface area contributed by atoms with E-state index in [1.54, 1.807) is 36.3 Å². The van der Waals surface area contributed by atoms with Gasteiger partial charge in [-0.1, -0.05) is 29.8 Å². The van der Waals surface area contributed by atoms with E-state index in [9.17, 15) is 13.2 Å². The summed E-state index contributed by atoms with van der Waals surface area (Å²) in [6.45, 7) is 0.938. The lowest BCUT2D eigenvalue weighted by Crippen LogP contribution is -2.50. The Morgan fingerprint density at radius 1 is 1.07 bits per heavy atom.